The number of nitrogens with two attached hydrogens (primary N) is 1. The number of aromatic amines is 2. The van der Waals surface area contributed by atoms with Crippen LogP contribution in [0, 0.1) is 0 Å². The zero-order valence-corrected chi connectivity index (χ0v) is 12.7. The molecule has 1 unspecified atom stereocenters. The van der Waals surface area contributed by atoms with Crippen LogP contribution >= 0.6 is 31.9 Å². The van der Waals surface area contributed by atoms with Gasteiger partial charge in [0, 0.05) is 10.0 Å². The van der Waals surface area contributed by atoms with Gasteiger partial charge in [-0.15, -0.1) is 0 Å². The third-order valence-corrected chi connectivity index (χ3v) is 4.28. The Hall–Kier alpha value is -1.31. The molecule has 2 heterocycles. The number of H-pyrrole nitrogens is 2. The second-order valence-corrected chi connectivity index (χ2v) is 5.70. The van der Waals surface area contributed by atoms with Gasteiger partial charge in [-0.05, 0) is 39.7 Å². The Kier molecular flexibility index (Phi) is 3.12. The molecular formula is C12H9Br2N3O2. The quantitative estimate of drug-likeness (QED) is 0.632. The van der Waals surface area contributed by atoms with Crippen molar-refractivity contribution in [2.24, 2.45) is 5.73 Å². The Morgan fingerprint density at radius 2 is 1.84 bits per heavy atom. The van der Waals surface area contributed by atoms with Crippen molar-refractivity contribution in [3.8, 4) is 0 Å². The van der Waals surface area contributed by atoms with E-state index in [-0.39, 0.29) is 11.7 Å². The minimum Gasteiger partial charge on any atom is -0.457 e. The van der Waals surface area contributed by atoms with Crippen LogP contribution in [0.3, 0.4) is 0 Å². The number of nitrogens with one attached hydrogen (secondary N) is 2. The molecule has 3 rings (SSSR count). The van der Waals surface area contributed by atoms with Crippen LogP contribution in [0.15, 0.2) is 42.8 Å². The minimum atomic E-state index is -0.356. The van der Waals surface area contributed by atoms with Gasteiger partial charge in [0.1, 0.15) is 0 Å². The molecule has 0 aliphatic carbocycles. The van der Waals surface area contributed by atoms with E-state index < -0.39 is 0 Å². The number of benzene rings is 1. The summed E-state index contributed by atoms with van der Waals surface area (Å²) in [5.41, 5.74) is 9.17. The van der Waals surface area contributed by atoms with Crippen LogP contribution in [-0.4, -0.2) is 9.97 Å². The van der Waals surface area contributed by atoms with Gasteiger partial charge in [0.05, 0.1) is 23.3 Å². The summed E-state index contributed by atoms with van der Waals surface area (Å²) in [6.07, 6.45) is 1.57. The largest absolute Gasteiger partial charge is 0.457 e. The predicted octanol–water partition coefficient (Wildman–Crippen LogP) is 3.02. The Balaban J connectivity index is 2.16. The van der Waals surface area contributed by atoms with E-state index >= 15 is 0 Å². The maximum absolute atomic E-state index is 11.3. The third kappa shape index (κ3) is 2.18. The number of hydrogen-bond donors (Lipinski definition) is 3. The van der Waals surface area contributed by atoms with Crippen LogP contribution in [0.5, 0.6) is 0 Å². The lowest BCUT2D eigenvalue weighted by Crippen LogP contribution is -2.12. The maximum Gasteiger partial charge on any atom is 0.323 e. The fourth-order valence-electron chi connectivity index (χ4n) is 2.01. The summed E-state index contributed by atoms with van der Waals surface area (Å²) in [5.74, 6) is 0. The van der Waals surface area contributed by atoms with Gasteiger partial charge in [0.2, 0.25) is 0 Å². The van der Waals surface area contributed by atoms with E-state index in [1.54, 1.807) is 6.26 Å². The molecule has 19 heavy (non-hydrogen) atoms. The summed E-state index contributed by atoms with van der Waals surface area (Å²) in [7, 11) is 0. The molecule has 1 aromatic carbocycles. The van der Waals surface area contributed by atoms with Gasteiger partial charge in [0.15, 0.2) is 4.67 Å². The smallest absolute Gasteiger partial charge is 0.323 e. The normalized spacial score (nSPS) is 13.0. The van der Waals surface area contributed by atoms with Crippen molar-refractivity contribution in [3.05, 3.63) is 55.2 Å². The van der Waals surface area contributed by atoms with E-state index in [1.165, 1.54) is 0 Å². The summed E-state index contributed by atoms with van der Waals surface area (Å²) in [4.78, 5) is 16.7. The first kappa shape index (κ1) is 12.7. The predicted molar refractivity (Wildman–Crippen MR) is 79.1 cm³/mol. The van der Waals surface area contributed by atoms with E-state index in [4.69, 9.17) is 10.2 Å². The molecule has 1 atom stereocenters. The van der Waals surface area contributed by atoms with Gasteiger partial charge in [-0.1, -0.05) is 15.9 Å². The first-order valence-corrected chi connectivity index (χ1v) is 7.05. The molecule has 0 spiro atoms. The van der Waals surface area contributed by atoms with E-state index in [2.05, 4.69) is 41.8 Å². The summed E-state index contributed by atoms with van der Waals surface area (Å²) >= 11 is 6.79. The Bertz CT molecular complexity index is 803. The van der Waals surface area contributed by atoms with Gasteiger partial charge >= 0.3 is 5.69 Å². The number of halogens is 2. The zero-order valence-electron chi connectivity index (χ0n) is 9.54. The highest BCUT2D eigenvalue weighted by molar-refractivity contribution is 9.10. The number of furan rings is 1. The lowest BCUT2D eigenvalue weighted by molar-refractivity contribution is 0.534. The van der Waals surface area contributed by atoms with E-state index in [9.17, 15) is 4.79 Å². The number of rotatable bonds is 2. The Morgan fingerprint density at radius 3 is 2.47 bits per heavy atom. The Morgan fingerprint density at radius 1 is 1.16 bits per heavy atom. The van der Waals surface area contributed by atoms with Crippen LogP contribution in [-0.2, 0) is 0 Å². The molecule has 98 valence electrons. The van der Waals surface area contributed by atoms with Crippen molar-refractivity contribution in [3.63, 3.8) is 0 Å². The summed E-state index contributed by atoms with van der Waals surface area (Å²) < 4.78 is 6.63. The number of aromatic nitrogens is 2. The van der Waals surface area contributed by atoms with Crippen molar-refractivity contribution in [1.29, 1.82) is 0 Å². The van der Waals surface area contributed by atoms with E-state index in [1.807, 2.05) is 18.2 Å². The lowest BCUT2D eigenvalue weighted by atomic mass is 10.0. The highest BCUT2D eigenvalue weighted by Crippen LogP contribution is 2.33. The van der Waals surface area contributed by atoms with Crippen molar-refractivity contribution in [1.82, 2.24) is 9.97 Å². The number of fused-ring (bicyclic) bond motifs is 1. The molecule has 0 bridgehead atoms. The number of imidazole rings is 1. The molecule has 0 aliphatic heterocycles. The molecule has 3 aromatic rings. The summed E-state index contributed by atoms with van der Waals surface area (Å²) in [6, 6.07) is 5.13. The molecule has 0 fully saturated rings. The SMILES string of the molecule is NC(c1cc2[nH]c(=O)[nH]c2cc1Br)c1ccoc1Br. The lowest BCUT2D eigenvalue weighted by Gasteiger charge is -2.13. The fourth-order valence-corrected chi connectivity index (χ4v) is 3.08. The number of hydrogen-bond acceptors (Lipinski definition) is 3. The summed E-state index contributed by atoms with van der Waals surface area (Å²) in [5, 5.41) is 0. The monoisotopic (exact) mass is 385 g/mol. The molecule has 5 nitrogen and oxygen atoms in total. The first-order valence-electron chi connectivity index (χ1n) is 5.46. The molecular weight excluding hydrogens is 378 g/mol. The average Bonchev–Trinajstić information content (AvgIpc) is 2.92. The van der Waals surface area contributed by atoms with E-state index in [0.717, 1.165) is 26.6 Å². The standard InChI is InChI=1S/C12H9Br2N3O2/c13-7-4-9-8(16-12(18)17-9)3-6(7)10(15)5-1-2-19-11(5)14/h1-4,10H,15H2,(H2,16,17,18). The van der Waals surface area contributed by atoms with Crippen LogP contribution in [0.4, 0.5) is 0 Å². The molecule has 0 saturated carbocycles. The molecule has 7 heteroatoms. The van der Waals surface area contributed by atoms with Crippen molar-refractivity contribution < 1.29 is 4.42 Å². The summed E-state index contributed by atoms with van der Waals surface area (Å²) in [6.45, 7) is 0. The molecule has 0 amide bonds. The van der Waals surface area contributed by atoms with Gasteiger partial charge in [0.25, 0.3) is 0 Å². The van der Waals surface area contributed by atoms with Crippen LogP contribution < -0.4 is 11.4 Å². The topological polar surface area (TPSA) is 87.8 Å². The van der Waals surface area contributed by atoms with Crippen LogP contribution in [0.25, 0.3) is 11.0 Å². The molecule has 2 aromatic heterocycles. The average molecular weight is 387 g/mol. The van der Waals surface area contributed by atoms with Crippen molar-refractivity contribution in [2.45, 2.75) is 6.04 Å². The Labute approximate surface area is 124 Å². The van der Waals surface area contributed by atoms with Crippen molar-refractivity contribution in [2.75, 3.05) is 0 Å². The fraction of sp³-hybridized carbons (Fsp3) is 0.0833. The van der Waals surface area contributed by atoms with Crippen LogP contribution in [0.1, 0.15) is 17.2 Å². The van der Waals surface area contributed by atoms with Crippen molar-refractivity contribution >= 4 is 42.9 Å². The second-order valence-electron chi connectivity index (χ2n) is 4.13. The maximum atomic E-state index is 11.3. The van der Waals surface area contributed by atoms with Gasteiger partial charge < -0.3 is 20.1 Å². The van der Waals surface area contributed by atoms with Gasteiger partial charge in [-0.25, -0.2) is 4.79 Å². The molecule has 0 saturated heterocycles. The van der Waals surface area contributed by atoms with E-state index in [0.29, 0.717) is 4.67 Å². The molecule has 4 N–H and O–H groups in total. The highest BCUT2D eigenvalue weighted by atomic mass is 79.9. The first-order chi connectivity index (χ1) is 9.06. The zero-order chi connectivity index (χ0) is 13.6. The highest BCUT2D eigenvalue weighted by Gasteiger charge is 2.18. The second kappa shape index (κ2) is 4.66. The third-order valence-electron chi connectivity index (χ3n) is 2.95. The molecule has 0 aliphatic rings. The molecule has 0 radical (unpaired) electrons. The van der Waals surface area contributed by atoms with Crippen LogP contribution in [0.2, 0.25) is 0 Å². The minimum absolute atomic E-state index is 0.239. The van der Waals surface area contributed by atoms with Gasteiger partial charge in [-0.3, -0.25) is 0 Å². The van der Waals surface area contributed by atoms with Gasteiger partial charge in [-0.2, -0.15) is 0 Å².